The van der Waals surface area contributed by atoms with Crippen LogP contribution in [0.15, 0.2) is 27.6 Å². The van der Waals surface area contributed by atoms with E-state index in [9.17, 15) is 22.0 Å². The van der Waals surface area contributed by atoms with E-state index in [-0.39, 0.29) is 43.9 Å². The van der Waals surface area contributed by atoms with Crippen LogP contribution in [-0.4, -0.2) is 59.8 Å². The summed E-state index contributed by atoms with van der Waals surface area (Å²) in [6.45, 7) is 6.19. The van der Waals surface area contributed by atoms with Gasteiger partial charge in [0.25, 0.3) is 0 Å². The van der Waals surface area contributed by atoms with Gasteiger partial charge in [-0.2, -0.15) is 9.29 Å². The Bertz CT molecular complexity index is 1020. The zero-order chi connectivity index (χ0) is 22.8. The normalized spacial score (nSPS) is 16.0. The summed E-state index contributed by atoms with van der Waals surface area (Å²) in [6.07, 6.45) is 1.24. The molecular formula is C20H26F2N4O4S. The lowest BCUT2D eigenvalue weighted by atomic mass is 9.96. The van der Waals surface area contributed by atoms with Crippen molar-refractivity contribution in [2.45, 2.75) is 50.3 Å². The lowest BCUT2D eigenvalue weighted by Crippen LogP contribution is -2.50. The number of hydrogen-bond donors (Lipinski definition) is 0. The van der Waals surface area contributed by atoms with Crippen LogP contribution in [-0.2, 0) is 26.7 Å². The molecule has 0 bridgehead atoms. The molecule has 1 amide bonds. The third kappa shape index (κ3) is 5.27. The number of amides is 1. The summed E-state index contributed by atoms with van der Waals surface area (Å²) in [4.78, 5) is 17.4. The summed E-state index contributed by atoms with van der Waals surface area (Å²) < 4.78 is 59.3. The maximum atomic E-state index is 13.9. The average molecular weight is 457 g/mol. The van der Waals surface area contributed by atoms with Crippen molar-refractivity contribution >= 4 is 15.9 Å². The first-order valence-electron chi connectivity index (χ1n) is 10.0. The molecule has 2 aromatic rings. The number of nitrogens with zero attached hydrogens (tertiary/aromatic N) is 4. The SMILES string of the molecule is CC(C)(C)c1noc(CCCC(=O)N2CCN(S(=O)(=O)c3c(F)cccc3F)CC2)n1. The summed E-state index contributed by atoms with van der Waals surface area (Å²) in [5.41, 5.74) is -0.219. The van der Waals surface area contributed by atoms with Gasteiger partial charge in [-0.1, -0.05) is 32.0 Å². The maximum Gasteiger partial charge on any atom is 0.249 e. The van der Waals surface area contributed by atoms with Crippen molar-refractivity contribution in [1.29, 1.82) is 0 Å². The number of carbonyl (C=O) groups is 1. The highest BCUT2D eigenvalue weighted by molar-refractivity contribution is 7.89. The molecule has 0 spiro atoms. The fourth-order valence-electron chi connectivity index (χ4n) is 3.25. The quantitative estimate of drug-likeness (QED) is 0.663. The number of piperazine rings is 1. The zero-order valence-corrected chi connectivity index (χ0v) is 18.6. The minimum absolute atomic E-state index is 0.0273. The van der Waals surface area contributed by atoms with Crippen LogP contribution in [0.2, 0.25) is 0 Å². The first-order valence-corrected chi connectivity index (χ1v) is 11.5. The molecule has 1 aliphatic rings. The standard InChI is InChI=1S/C20H26F2N4O4S/c1-20(2,3)19-23-16(30-24-19)8-5-9-17(27)25-10-12-26(13-11-25)31(28,29)18-14(21)6-4-7-15(18)22/h4,6-7H,5,8-13H2,1-3H3. The van der Waals surface area contributed by atoms with E-state index in [1.807, 2.05) is 20.8 Å². The summed E-state index contributed by atoms with van der Waals surface area (Å²) in [5, 5.41) is 3.95. The Morgan fingerprint density at radius 3 is 2.29 bits per heavy atom. The topological polar surface area (TPSA) is 96.6 Å². The summed E-state index contributed by atoms with van der Waals surface area (Å²) in [5.74, 6) is -1.30. The second kappa shape index (κ2) is 8.99. The molecule has 31 heavy (non-hydrogen) atoms. The third-order valence-electron chi connectivity index (χ3n) is 5.03. The van der Waals surface area contributed by atoms with Crippen LogP contribution >= 0.6 is 0 Å². The van der Waals surface area contributed by atoms with E-state index in [1.165, 1.54) is 0 Å². The van der Waals surface area contributed by atoms with Crippen LogP contribution in [0.1, 0.15) is 45.3 Å². The summed E-state index contributed by atoms with van der Waals surface area (Å²) in [7, 11) is -4.32. The Labute approximate surface area is 180 Å². The number of halogens is 2. The van der Waals surface area contributed by atoms with Gasteiger partial charge in [-0.25, -0.2) is 17.2 Å². The Morgan fingerprint density at radius 1 is 1.13 bits per heavy atom. The fourth-order valence-corrected chi connectivity index (χ4v) is 4.78. The van der Waals surface area contributed by atoms with E-state index in [0.717, 1.165) is 22.5 Å². The molecule has 1 fully saturated rings. The molecular weight excluding hydrogens is 430 g/mol. The predicted octanol–water partition coefficient (Wildman–Crippen LogP) is 2.50. The van der Waals surface area contributed by atoms with Crippen molar-refractivity contribution in [2.24, 2.45) is 0 Å². The smallest absolute Gasteiger partial charge is 0.249 e. The number of rotatable bonds is 6. The van der Waals surface area contributed by atoms with Crippen molar-refractivity contribution in [3.63, 3.8) is 0 Å². The van der Waals surface area contributed by atoms with Gasteiger partial charge >= 0.3 is 0 Å². The first kappa shape index (κ1) is 23.3. The van der Waals surface area contributed by atoms with Crippen LogP contribution < -0.4 is 0 Å². The highest BCUT2D eigenvalue weighted by Gasteiger charge is 2.34. The lowest BCUT2D eigenvalue weighted by Gasteiger charge is -2.34. The van der Waals surface area contributed by atoms with Crippen LogP contribution in [0.4, 0.5) is 8.78 Å². The second-order valence-corrected chi connectivity index (χ2v) is 10.3. The monoisotopic (exact) mass is 456 g/mol. The van der Waals surface area contributed by atoms with E-state index >= 15 is 0 Å². The number of aromatic nitrogens is 2. The molecule has 0 N–H and O–H groups in total. The number of benzene rings is 1. The van der Waals surface area contributed by atoms with Gasteiger partial charge in [0, 0.05) is 44.4 Å². The Morgan fingerprint density at radius 2 is 1.74 bits per heavy atom. The summed E-state index contributed by atoms with van der Waals surface area (Å²) in [6, 6.07) is 2.92. The number of sulfonamides is 1. The highest BCUT2D eigenvalue weighted by Crippen LogP contribution is 2.24. The predicted molar refractivity (Wildman–Crippen MR) is 108 cm³/mol. The first-order chi connectivity index (χ1) is 14.5. The Kier molecular flexibility index (Phi) is 6.75. The van der Waals surface area contributed by atoms with Gasteiger partial charge in [0.15, 0.2) is 10.7 Å². The second-order valence-electron chi connectivity index (χ2n) is 8.45. The van der Waals surface area contributed by atoms with Gasteiger partial charge in [-0.15, -0.1) is 0 Å². The van der Waals surface area contributed by atoms with Gasteiger partial charge in [0.05, 0.1) is 0 Å². The van der Waals surface area contributed by atoms with Crippen molar-refractivity contribution < 1.29 is 26.5 Å². The lowest BCUT2D eigenvalue weighted by molar-refractivity contribution is -0.132. The molecule has 1 aromatic heterocycles. The maximum absolute atomic E-state index is 13.9. The van der Waals surface area contributed by atoms with Gasteiger partial charge in [0.1, 0.15) is 11.6 Å². The number of aryl methyl sites for hydroxylation is 1. The minimum Gasteiger partial charge on any atom is -0.340 e. The van der Waals surface area contributed by atoms with E-state index in [0.29, 0.717) is 24.6 Å². The van der Waals surface area contributed by atoms with Crippen LogP contribution in [0.5, 0.6) is 0 Å². The molecule has 11 heteroatoms. The van der Waals surface area contributed by atoms with E-state index in [2.05, 4.69) is 10.1 Å². The molecule has 1 aromatic carbocycles. The molecule has 0 aliphatic carbocycles. The highest BCUT2D eigenvalue weighted by atomic mass is 32.2. The van der Waals surface area contributed by atoms with E-state index < -0.39 is 26.6 Å². The molecule has 1 aliphatic heterocycles. The molecule has 8 nitrogen and oxygen atoms in total. The van der Waals surface area contributed by atoms with Crippen molar-refractivity contribution in [1.82, 2.24) is 19.3 Å². The van der Waals surface area contributed by atoms with Gasteiger partial charge in [0.2, 0.25) is 21.8 Å². The van der Waals surface area contributed by atoms with Crippen molar-refractivity contribution in [3.8, 4) is 0 Å². The molecule has 0 radical (unpaired) electrons. The molecule has 0 atom stereocenters. The Hall–Kier alpha value is -2.40. The van der Waals surface area contributed by atoms with Gasteiger partial charge in [-0.05, 0) is 18.6 Å². The van der Waals surface area contributed by atoms with Crippen LogP contribution in [0.25, 0.3) is 0 Å². The van der Waals surface area contributed by atoms with Gasteiger partial charge < -0.3 is 9.42 Å². The Balaban J connectivity index is 1.51. The molecule has 2 heterocycles. The average Bonchev–Trinajstić information content (AvgIpc) is 3.17. The van der Waals surface area contributed by atoms with Crippen LogP contribution in [0.3, 0.4) is 0 Å². The number of carbonyl (C=O) groups excluding carboxylic acids is 1. The zero-order valence-electron chi connectivity index (χ0n) is 17.8. The van der Waals surface area contributed by atoms with Crippen LogP contribution in [0, 0.1) is 11.6 Å². The van der Waals surface area contributed by atoms with E-state index in [1.54, 1.807) is 4.90 Å². The molecule has 170 valence electrons. The van der Waals surface area contributed by atoms with Crippen molar-refractivity contribution in [3.05, 3.63) is 41.5 Å². The van der Waals surface area contributed by atoms with E-state index in [4.69, 9.17) is 4.52 Å². The molecule has 3 rings (SSSR count). The largest absolute Gasteiger partial charge is 0.340 e. The summed E-state index contributed by atoms with van der Waals surface area (Å²) >= 11 is 0. The molecule has 1 saturated heterocycles. The van der Waals surface area contributed by atoms with Crippen molar-refractivity contribution in [2.75, 3.05) is 26.2 Å². The molecule has 0 saturated carbocycles. The molecule has 0 unspecified atom stereocenters. The minimum atomic E-state index is -4.32. The number of hydrogen-bond acceptors (Lipinski definition) is 6. The van der Waals surface area contributed by atoms with Gasteiger partial charge in [-0.3, -0.25) is 4.79 Å². The fraction of sp³-hybridized carbons (Fsp3) is 0.550. The third-order valence-corrected chi connectivity index (χ3v) is 6.98.